The van der Waals surface area contributed by atoms with Gasteiger partial charge in [0.15, 0.2) is 0 Å². The Morgan fingerprint density at radius 2 is 1.93 bits per heavy atom. The highest BCUT2D eigenvalue weighted by Crippen LogP contribution is 2.32. The molecule has 0 bridgehead atoms. The third-order valence-electron chi connectivity index (χ3n) is 1.66. The largest absolute Gasteiger partial charge is 0.453 e. The predicted octanol–water partition coefficient (Wildman–Crippen LogP) is 3.78. The molecule has 15 heavy (non-hydrogen) atoms. The summed E-state index contributed by atoms with van der Waals surface area (Å²) in [4.78, 5) is 10.5. The first-order valence-electron chi connectivity index (χ1n) is 3.88. The molecule has 0 radical (unpaired) electrons. The van der Waals surface area contributed by atoms with Crippen LogP contribution in [0.4, 0.5) is 18.0 Å². The van der Waals surface area contributed by atoms with Crippen molar-refractivity contribution in [3.63, 3.8) is 0 Å². The van der Waals surface area contributed by atoms with Gasteiger partial charge in [0, 0.05) is 5.56 Å². The molecule has 82 valence electrons. The Bertz CT molecular complexity index is 363. The van der Waals surface area contributed by atoms with Crippen molar-refractivity contribution in [1.29, 1.82) is 0 Å². The lowest BCUT2D eigenvalue weighted by Crippen LogP contribution is -2.10. The molecule has 0 aliphatic rings. The highest BCUT2D eigenvalue weighted by molar-refractivity contribution is 14.1. The Hall–Kier alpha value is -0.790. The van der Waals surface area contributed by atoms with Crippen LogP contribution in [-0.2, 0) is 17.5 Å². The molecule has 0 heterocycles. The molecule has 0 amide bonds. The molecule has 0 unspecified atom stereocenters. The third-order valence-corrected chi connectivity index (χ3v) is 1.98. The van der Waals surface area contributed by atoms with Crippen LogP contribution >= 0.6 is 22.6 Å². The van der Waals surface area contributed by atoms with E-state index in [1.165, 1.54) is 40.8 Å². The summed E-state index contributed by atoms with van der Waals surface area (Å²) in [5.41, 5.74) is -0.822. The summed E-state index contributed by atoms with van der Waals surface area (Å²) in [5, 5.41) is 0. The minimum absolute atomic E-state index is 0.0463. The second-order valence-electron chi connectivity index (χ2n) is 2.68. The summed E-state index contributed by atoms with van der Waals surface area (Å²) >= 11 is 1.36. The van der Waals surface area contributed by atoms with Crippen LogP contribution in [0.25, 0.3) is 0 Å². The Labute approximate surface area is 97.6 Å². The van der Waals surface area contributed by atoms with Gasteiger partial charge in [-0.1, -0.05) is 18.2 Å². The molecule has 0 atom stereocenters. The molecule has 0 aliphatic heterocycles. The summed E-state index contributed by atoms with van der Waals surface area (Å²) in [6, 6.07) is 4.99. The van der Waals surface area contributed by atoms with E-state index in [1.54, 1.807) is 0 Å². The number of halogens is 4. The SMILES string of the molecule is O=C(I)OCc1ccccc1C(F)(F)F. The summed E-state index contributed by atoms with van der Waals surface area (Å²) in [7, 11) is 0. The van der Waals surface area contributed by atoms with Gasteiger partial charge in [0.05, 0.1) is 28.2 Å². The van der Waals surface area contributed by atoms with Crippen molar-refractivity contribution in [1.82, 2.24) is 0 Å². The van der Waals surface area contributed by atoms with Crippen LogP contribution in [0.3, 0.4) is 0 Å². The molecule has 2 nitrogen and oxygen atoms in total. The topological polar surface area (TPSA) is 26.3 Å². The van der Waals surface area contributed by atoms with E-state index in [2.05, 4.69) is 4.74 Å². The van der Waals surface area contributed by atoms with E-state index in [0.717, 1.165) is 6.07 Å². The van der Waals surface area contributed by atoms with Gasteiger partial charge in [-0.3, -0.25) is 0 Å². The Kier molecular flexibility index (Phi) is 3.95. The molecule has 1 rings (SSSR count). The molecular formula is C9H6F3IO2. The van der Waals surface area contributed by atoms with Gasteiger partial charge in [-0.05, 0) is 6.07 Å². The molecule has 0 saturated carbocycles. The number of alkyl halides is 3. The molecule has 1 aromatic rings. The Morgan fingerprint density at radius 1 is 1.33 bits per heavy atom. The lowest BCUT2D eigenvalue weighted by atomic mass is 10.1. The van der Waals surface area contributed by atoms with E-state index in [-0.39, 0.29) is 12.2 Å². The normalized spacial score (nSPS) is 11.2. The van der Waals surface area contributed by atoms with E-state index in [1.807, 2.05) is 0 Å². The minimum atomic E-state index is -4.42. The van der Waals surface area contributed by atoms with Crippen molar-refractivity contribution in [2.45, 2.75) is 12.8 Å². The average molecular weight is 330 g/mol. The van der Waals surface area contributed by atoms with Gasteiger partial charge in [-0.25, -0.2) is 4.79 Å². The zero-order chi connectivity index (χ0) is 11.5. The van der Waals surface area contributed by atoms with Crippen LogP contribution in [0, 0.1) is 0 Å². The van der Waals surface area contributed by atoms with Gasteiger partial charge in [-0.2, -0.15) is 13.2 Å². The number of ether oxygens (including phenoxy) is 1. The maximum Gasteiger partial charge on any atom is 0.416 e. The van der Waals surface area contributed by atoms with Gasteiger partial charge in [0.25, 0.3) is 0 Å². The minimum Gasteiger partial charge on any atom is -0.453 e. The van der Waals surface area contributed by atoms with Crippen molar-refractivity contribution in [3.8, 4) is 0 Å². The molecule has 6 heteroatoms. The van der Waals surface area contributed by atoms with Crippen LogP contribution in [-0.4, -0.2) is 3.98 Å². The fourth-order valence-corrected chi connectivity index (χ4v) is 1.21. The second kappa shape index (κ2) is 4.82. The number of rotatable bonds is 2. The molecule has 0 saturated heterocycles. The van der Waals surface area contributed by atoms with Crippen LogP contribution in [0.15, 0.2) is 24.3 Å². The number of carbonyl (C=O) groups excluding carboxylic acids is 1. The van der Waals surface area contributed by atoms with Crippen LogP contribution in [0.5, 0.6) is 0 Å². The fourth-order valence-electron chi connectivity index (χ4n) is 1.06. The molecule has 0 N–H and O–H groups in total. The lowest BCUT2D eigenvalue weighted by Gasteiger charge is -2.11. The highest BCUT2D eigenvalue weighted by atomic mass is 127. The fraction of sp³-hybridized carbons (Fsp3) is 0.222. The average Bonchev–Trinajstić information content (AvgIpc) is 2.13. The summed E-state index contributed by atoms with van der Waals surface area (Å²) in [6.07, 6.45) is -4.42. The van der Waals surface area contributed by atoms with Crippen LogP contribution < -0.4 is 0 Å². The molecule has 0 spiro atoms. The summed E-state index contributed by atoms with van der Waals surface area (Å²) < 4.78 is 41.2. The van der Waals surface area contributed by atoms with Crippen LogP contribution in [0.1, 0.15) is 11.1 Å². The lowest BCUT2D eigenvalue weighted by molar-refractivity contribution is -0.138. The molecular weight excluding hydrogens is 324 g/mol. The molecule has 0 fully saturated rings. The van der Waals surface area contributed by atoms with Crippen molar-refractivity contribution in [3.05, 3.63) is 35.4 Å². The Balaban J connectivity index is 2.92. The van der Waals surface area contributed by atoms with Crippen LogP contribution in [0.2, 0.25) is 0 Å². The zero-order valence-corrected chi connectivity index (χ0v) is 9.50. The first kappa shape index (κ1) is 12.3. The number of benzene rings is 1. The maximum atomic E-state index is 12.4. The smallest absolute Gasteiger partial charge is 0.416 e. The number of hydrogen-bond acceptors (Lipinski definition) is 2. The van der Waals surface area contributed by atoms with E-state index in [0.29, 0.717) is 0 Å². The van der Waals surface area contributed by atoms with Gasteiger partial charge in [0.2, 0.25) is 0 Å². The van der Waals surface area contributed by atoms with Crippen molar-refractivity contribution >= 4 is 26.6 Å². The standard InChI is InChI=1S/C9H6F3IO2/c10-9(11,12)7-4-2-1-3-6(7)5-15-8(13)14/h1-4H,5H2. The predicted molar refractivity (Wildman–Crippen MR) is 55.6 cm³/mol. The first-order valence-corrected chi connectivity index (χ1v) is 4.96. The van der Waals surface area contributed by atoms with Crippen molar-refractivity contribution in [2.24, 2.45) is 0 Å². The second-order valence-corrected chi connectivity index (χ2v) is 3.56. The first-order chi connectivity index (χ1) is 6.91. The monoisotopic (exact) mass is 330 g/mol. The molecule has 0 aromatic heterocycles. The quantitative estimate of drug-likeness (QED) is 0.609. The van der Waals surface area contributed by atoms with Gasteiger partial charge in [0.1, 0.15) is 6.61 Å². The van der Waals surface area contributed by atoms with E-state index >= 15 is 0 Å². The zero-order valence-electron chi connectivity index (χ0n) is 7.34. The molecule has 0 aliphatic carbocycles. The third kappa shape index (κ3) is 3.69. The van der Waals surface area contributed by atoms with Gasteiger partial charge in [-0.15, -0.1) is 0 Å². The highest BCUT2D eigenvalue weighted by Gasteiger charge is 2.32. The van der Waals surface area contributed by atoms with Crippen molar-refractivity contribution in [2.75, 3.05) is 0 Å². The van der Waals surface area contributed by atoms with E-state index in [9.17, 15) is 18.0 Å². The van der Waals surface area contributed by atoms with Gasteiger partial charge >= 0.3 is 10.2 Å². The summed E-state index contributed by atoms with van der Waals surface area (Å²) in [6.45, 7) is -0.364. The maximum absolute atomic E-state index is 12.4. The van der Waals surface area contributed by atoms with Crippen molar-refractivity contribution < 1.29 is 22.7 Å². The Morgan fingerprint density at radius 3 is 2.47 bits per heavy atom. The summed E-state index contributed by atoms with van der Waals surface area (Å²) in [5.74, 6) is 0. The van der Waals surface area contributed by atoms with E-state index < -0.39 is 15.7 Å². The number of hydrogen-bond donors (Lipinski definition) is 0. The van der Waals surface area contributed by atoms with Gasteiger partial charge < -0.3 is 4.74 Å². The van der Waals surface area contributed by atoms with E-state index in [4.69, 9.17) is 0 Å². The number of carbonyl (C=O) groups is 1. The molecule has 1 aromatic carbocycles.